The molecule has 0 saturated heterocycles. The molecule has 27 heavy (non-hydrogen) atoms. The summed E-state index contributed by atoms with van der Waals surface area (Å²) in [5.41, 5.74) is 2.58. The van der Waals surface area contributed by atoms with E-state index in [-0.39, 0.29) is 12.6 Å². The molecular weight excluding hydrogens is 364 g/mol. The number of anilines is 2. The number of hydrogen-bond acceptors (Lipinski definition) is 6. The van der Waals surface area contributed by atoms with Gasteiger partial charge in [-0.1, -0.05) is 23.7 Å². The van der Waals surface area contributed by atoms with Crippen LogP contribution in [0.15, 0.2) is 48.9 Å². The molecule has 3 heterocycles. The normalized spacial score (nSPS) is 12.4. The molecule has 0 bridgehead atoms. The third-order valence-electron chi connectivity index (χ3n) is 4.38. The number of halogens is 1. The zero-order valence-corrected chi connectivity index (χ0v) is 15.5. The maximum Gasteiger partial charge on any atom is 0.154 e. The predicted molar refractivity (Wildman–Crippen MR) is 107 cm³/mol. The maximum atomic E-state index is 9.20. The predicted octanol–water partition coefficient (Wildman–Crippen LogP) is 3.51. The first kappa shape index (κ1) is 17.5. The van der Waals surface area contributed by atoms with Crippen LogP contribution in [-0.2, 0) is 0 Å². The molecule has 1 unspecified atom stereocenters. The molecular formula is C19H19ClN6O. The van der Waals surface area contributed by atoms with Crippen molar-refractivity contribution in [3.63, 3.8) is 0 Å². The number of rotatable bonds is 6. The van der Waals surface area contributed by atoms with Gasteiger partial charge < -0.3 is 15.7 Å². The highest BCUT2D eigenvalue weighted by Crippen LogP contribution is 2.31. The molecule has 3 N–H and O–H groups in total. The third kappa shape index (κ3) is 3.39. The van der Waals surface area contributed by atoms with Crippen molar-refractivity contribution >= 4 is 39.7 Å². The highest BCUT2D eigenvalue weighted by Gasteiger charge is 2.16. The van der Waals surface area contributed by atoms with Gasteiger partial charge in [-0.25, -0.2) is 14.5 Å². The van der Waals surface area contributed by atoms with Gasteiger partial charge in [0.25, 0.3) is 0 Å². The maximum absolute atomic E-state index is 9.20. The van der Waals surface area contributed by atoms with Crippen LogP contribution in [0.4, 0.5) is 11.6 Å². The van der Waals surface area contributed by atoms with E-state index in [1.165, 1.54) is 6.33 Å². The molecule has 138 valence electrons. The van der Waals surface area contributed by atoms with Gasteiger partial charge in [0.05, 0.1) is 23.2 Å². The minimum atomic E-state index is -0.0873. The van der Waals surface area contributed by atoms with Gasteiger partial charge in [-0.2, -0.15) is 5.10 Å². The largest absolute Gasteiger partial charge is 0.395 e. The molecule has 8 heteroatoms. The first-order chi connectivity index (χ1) is 13.2. The molecule has 7 nitrogen and oxygen atoms in total. The number of hydrogen-bond donors (Lipinski definition) is 3. The second kappa shape index (κ2) is 7.38. The van der Waals surface area contributed by atoms with Gasteiger partial charge in [0.2, 0.25) is 0 Å². The highest BCUT2D eigenvalue weighted by molar-refractivity contribution is 6.35. The summed E-state index contributed by atoms with van der Waals surface area (Å²) >= 11 is 6.30. The molecule has 0 aliphatic heterocycles. The quantitative estimate of drug-likeness (QED) is 0.473. The van der Waals surface area contributed by atoms with E-state index >= 15 is 0 Å². The van der Waals surface area contributed by atoms with Crippen LogP contribution in [0, 0.1) is 0 Å². The number of aliphatic hydroxyl groups is 1. The Hall–Kier alpha value is -2.90. The summed E-state index contributed by atoms with van der Waals surface area (Å²) in [5.74, 6) is 1.42. The standard InChI is InChI=1S/C19H19ClN6O/c1-12(24-19-16-6-3-8-26(16)23-11-22-19)14-10-13-4-2-5-15(20)17(13)25-18(14)21-7-9-27/h2-6,8,10-12,27H,7,9H2,1H3,(H,21,25)(H,22,23,24). The van der Waals surface area contributed by atoms with Gasteiger partial charge in [-0.3, -0.25) is 0 Å². The van der Waals surface area contributed by atoms with Crippen LogP contribution in [0.3, 0.4) is 0 Å². The van der Waals surface area contributed by atoms with Crippen LogP contribution in [0.1, 0.15) is 18.5 Å². The lowest BCUT2D eigenvalue weighted by Gasteiger charge is -2.20. The molecule has 0 aliphatic carbocycles. The minimum Gasteiger partial charge on any atom is -0.395 e. The molecule has 0 saturated carbocycles. The first-order valence-electron chi connectivity index (χ1n) is 8.66. The number of aromatic nitrogens is 4. The first-order valence-corrected chi connectivity index (χ1v) is 9.04. The van der Waals surface area contributed by atoms with Crippen molar-refractivity contribution in [3.8, 4) is 0 Å². The molecule has 0 radical (unpaired) electrons. The Labute approximate surface area is 161 Å². The van der Waals surface area contributed by atoms with Crippen LogP contribution in [0.5, 0.6) is 0 Å². The van der Waals surface area contributed by atoms with Gasteiger partial charge >= 0.3 is 0 Å². The van der Waals surface area contributed by atoms with Crippen LogP contribution in [-0.4, -0.2) is 37.8 Å². The molecule has 0 fully saturated rings. The van der Waals surface area contributed by atoms with Gasteiger partial charge in [0.1, 0.15) is 17.7 Å². The molecule has 1 atom stereocenters. The van der Waals surface area contributed by atoms with E-state index in [2.05, 4.69) is 26.8 Å². The lowest BCUT2D eigenvalue weighted by atomic mass is 10.1. The smallest absolute Gasteiger partial charge is 0.154 e. The average Bonchev–Trinajstić information content (AvgIpc) is 3.16. The number of benzene rings is 1. The van der Waals surface area contributed by atoms with Gasteiger partial charge in [0, 0.05) is 23.7 Å². The SMILES string of the molecule is CC(Nc1ncnn2cccc12)c1cc2cccc(Cl)c2nc1NCCO. The van der Waals surface area contributed by atoms with Gasteiger partial charge in [0.15, 0.2) is 5.82 Å². The van der Waals surface area contributed by atoms with Crippen molar-refractivity contribution in [1.29, 1.82) is 0 Å². The Morgan fingerprint density at radius 2 is 2.11 bits per heavy atom. The van der Waals surface area contributed by atoms with E-state index < -0.39 is 0 Å². The van der Waals surface area contributed by atoms with Crippen LogP contribution < -0.4 is 10.6 Å². The van der Waals surface area contributed by atoms with Crippen LogP contribution in [0.25, 0.3) is 16.4 Å². The van der Waals surface area contributed by atoms with Crippen LogP contribution >= 0.6 is 11.6 Å². The molecule has 1 aromatic carbocycles. The van der Waals surface area contributed by atoms with E-state index in [0.717, 1.165) is 27.8 Å². The molecule has 3 aromatic heterocycles. The monoisotopic (exact) mass is 382 g/mol. The van der Waals surface area contributed by atoms with Crippen LogP contribution in [0.2, 0.25) is 5.02 Å². The Bertz CT molecular complexity index is 1100. The Kier molecular flexibility index (Phi) is 4.79. The number of nitrogens with one attached hydrogen (secondary N) is 2. The fourth-order valence-corrected chi connectivity index (χ4v) is 3.31. The number of fused-ring (bicyclic) bond motifs is 2. The van der Waals surface area contributed by atoms with Crippen molar-refractivity contribution in [1.82, 2.24) is 19.6 Å². The molecule has 0 amide bonds. The summed E-state index contributed by atoms with van der Waals surface area (Å²) < 4.78 is 1.77. The highest BCUT2D eigenvalue weighted by atomic mass is 35.5. The van der Waals surface area contributed by atoms with Gasteiger partial charge in [-0.05, 0) is 31.2 Å². The summed E-state index contributed by atoms with van der Waals surface area (Å²) in [7, 11) is 0. The van der Waals surface area contributed by atoms with Crippen molar-refractivity contribution in [2.24, 2.45) is 0 Å². The van der Waals surface area contributed by atoms with Gasteiger partial charge in [-0.15, -0.1) is 0 Å². The minimum absolute atomic E-state index is 0.0141. The van der Waals surface area contributed by atoms with E-state index in [0.29, 0.717) is 17.4 Å². The molecule has 4 aromatic rings. The van der Waals surface area contributed by atoms with E-state index in [4.69, 9.17) is 16.6 Å². The topological polar surface area (TPSA) is 87.4 Å². The average molecular weight is 383 g/mol. The summed E-state index contributed by atoms with van der Waals surface area (Å²) in [5, 5.41) is 21.6. The summed E-state index contributed by atoms with van der Waals surface area (Å²) in [4.78, 5) is 9.06. The van der Waals surface area contributed by atoms with E-state index in [1.54, 1.807) is 4.52 Å². The zero-order valence-electron chi connectivity index (χ0n) is 14.7. The number of para-hydroxylation sites is 1. The number of aliphatic hydroxyl groups excluding tert-OH is 1. The molecule has 4 rings (SSSR count). The zero-order chi connectivity index (χ0) is 18.8. The lowest BCUT2D eigenvalue weighted by Crippen LogP contribution is -2.15. The third-order valence-corrected chi connectivity index (χ3v) is 4.69. The Balaban J connectivity index is 1.75. The van der Waals surface area contributed by atoms with Crippen molar-refractivity contribution < 1.29 is 5.11 Å². The number of nitrogens with zero attached hydrogens (tertiary/aromatic N) is 4. The number of pyridine rings is 1. The second-order valence-electron chi connectivity index (χ2n) is 6.20. The fourth-order valence-electron chi connectivity index (χ4n) is 3.08. The Morgan fingerprint density at radius 3 is 2.96 bits per heavy atom. The molecule has 0 aliphatic rings. The molecule has 0 spiro atoms. The van der Waals surface area contributed by atoms with Crippen molar-refractivity contribution in [2.45, 2.75) is 13.0 Å². The van der Waals surface area contributed by atoms with Crippen molar-refractivity contribution in [3.05, 3.63) is 59.5 Å². The fraction of sp³-hybridized carbons (Fsp3) is 0.211. The lowest BCUT2D eigenvalue weighted by molar-refractivity contribution is 0.311. The summed E-state index contributed by atoms with van der Waals surface area (Å²) in [6.45, 7) is 2.46. The Morgan fingerprint density at radius 1 is 1.22 bits per heavy atom. The summed E-state index contributed by atoms with van der Waals surface area (Å²) in [6.07, 6.45) is 3.39. The second-order valence-corrected chi connectivity index (χ2v) is 6.61. The summed E-state index contributed by atoms with van der Waals surface area (Å²) in [6, 6.07) is 11.6. The van der Waals surface area contributed by atoms with E-state index in [1.807, 2.05) is 43.5 Å². The van der Waals surface area contributed by atoms with Crippen molar-refractivity contribution in [2.75, 3.05) is 23.8 Å². The van der Waals surface area contributed by atoms with E-state index in [9.17, 15) is 5.11 Å².